The highest BCUT2D eigenvalue weighted by Crippen LogP contribution is 2.41. The third-order valence-electron chi connectivity index (χ3n) is 5.20. The number of amidine groups is 1. The molecule has 140 valence electrons. The van der Waals surface area contributed by atoms with Gasteiger partial charge >= 0.3 is 0 Å². The molecule has 2 unspecified atom stereocenters. The van der Waals surface area contributed by atoms with E-state index in [2.05, 4.69) is 25.8 Å². The Labute approximate surface area is 152 Å². The zero-order chi connectivity index (χ0) is 18.1. The summed E-state index contributed by atoms with van der Waals surface area (Å²) in [6.45, 7) is 3.19. The van der Waals surface area contributed by atoms with Crippen LogP contribution in [0.3, 0.4) is 0 Å². The molecule has 0 saturated carbocycles. The fourth-order valence-electron chi connectivity index (χ4n) is 3.87. The molecule has 0 bridgehead atoms. The molecule has 1 aromatic carbocycles. The van der Waals surface area contributed by atoms with Crippen LogP contribution in [0.15, 0.2) is 17.1 Å². The molecule has 1 amide bonds. The van der Waals surface area contributed by atoms with Gasteiger partial charge in [-0.3, -0.25) is 9.79 Å². The van der Waals surface area contributed by atoms with Crippen molar-refractivity contribution in [1.29, 1.82) is 0 Å². The quantitative estimate of drug-likeness (QED) is 0.729. The van der Waals surface area contributed by atoms with E-state index < -0.39 is 0 Å². The van der Waals surface area contributed by atoms with Crippen LogP contribution in [0.5, 0.6) is 11.5 Å². The van der Waals surface area contributed by atoms with Gasteiger partial charge in [0.2, 0.25) is 5.91 Å². The highest BCUT2D eigenvalue weighted by atomic mass is 16.5. The van der Waals surface area contributed by atoms with Crippen LogP contribution in [0.2, 0.25) is 0 Å². The first-order valence-corrected chi connectivity index (χ1v) is 9.07. The number of anilines is 1. The number of nitrogens with one attached hydrogen (secondary N) is 3. The molecule has 0 radical (unpaired) electrons. The number of benzene rings is 1. The number of amides is 1. The fourth-order valence-corrected chi connectivity index (χ4v) is 3.87. The first-order chi connectivity index (χ1) is 12.7. The van der Waals surface area contributed by atoms with Crippen molar-refractivity contribution in [3.63, 3.8) is 0 Å². The zero-order valence-electron chi connectivity index (χ0n) is 15.2. The van der Waals surface area contributed by atoms with Crippen LogP contribution in [-0.2, 0) is 4.79 Å². The Kier molecular flexibility index (Phi) is 4.58. The highest BCUT2D eigenvalue weighted by molar-refractivity contribution is 6.08. The summed E-state index contributed by atoms with van der Waals surface area (Å²) in [5.41, 5.74) is 1.76. The predicted molar refractivity (Wildman–Crippen MR) is 98.8 cm³/mol. The molecule has 0 aromatic heterocycles. The maximum absolute atomic E-state index is 12.7. The predicted octanol–water partition coefficient (Wildman–Crippen LogP) is 0.591. The second kappa shape index (κ2) is 7.03. The number of nitrogens with zero attached hydrogens (tertiary/aromatic N) is 2. The van der Waals surface area contributed by atoms with Crippen LogP contribution in [-0.4, -0.2) is 63.3 Å². The molecule has 3 N–H and O–H groups in total. The normalized spacial score (nSPS) is 24.1. The molecular weight excluding hydrogens is 334 g/mol. The topological polar surface area (TPSA) is 87.2 Å². The molecule has 8 nitrogen and oxygen atoms in total. The highest BCUT2D eigenvalue weighted by Gasteiger charge is 2.37. The molecule has 3 aliphatic heterocycles. The van der Waals surface area contributed by atoms with E-state index in [1.54, 1.807) is 14.2 Å². The number of carbonyl (C=O) groups excluding carboxylic acids is 1. The number of hydrogen-bond acceptors (Lipinski definition) is 7. The second-order valence-electron chi connectivity index (χ2n) is 6.72. The molecule has 26 heavy (non-hydrogen) atoms. The minimum absolute atomic E-state index is 0.00198. The number of carbonyl (C=O) groups is 1. The molecule has 0 aliphatic carbocycles. The van der Waals surface area contributed by atoms with Crippen molar-refractivity contribution >= 4 is 17.4 Å². The Hall–Kier alpha value is -2.48. The maximum Gasteiger partial charge on any atom is 0.227 e. The van der Waals surface area contributed by atoms with Crippen molar-refractivity contribution in [2.24, 2.45) is 10.9 Å². The number of methoxy groups -OCH3 is 2. The fraction of sp³-hybridized carbons (Fsp3) is 0.556. The third kappa shape index (κ3) is 2.84. The number of hydrogen-bond donors (Lipinski definition) is 3. The monoisotopic (exact) mass is 359 g/mol. The van der Waals surface area contributed by atoms with Gasteiger partial charge in [-0.05, 0) is 31.5 Å². The Morgan fingerprint density at radius 2 is 2.23 bits per heavy atom. The summed E-state index contributed by atoms with van der Waals surface area (Å²) in [6, 6.07) is 3.86. The molecule has 1 saturated heterocycles. The lowest BCUT2D eigenvalue weighted by Crippen LogP contribution is -2.58. The minimum atomic E-state index is -0.348. The van der Waals surface area contributed by atoms with Gasteiger partial charge < -0.3 is 30.3 Å². The lowest BCUT2D eigenvalue weighted by atomic mass is 9.99. The van der Waals surface area contributed by atoms with Gasteiger partial charge in [0, 0.05) is 18.7 Å². The van der Waals surface area contributed by atoms with Crippen molar-refractivity contribution in [2.75, 3.05) is 45.7 Å². The summed E-state index contributed by atoms with van der Waals surface area (Å²) in [5, 5.41) is 9.86. The largest absolute Gasteiger partial charge is 0.493 e. The SMILES string of the molecule is COc1ccc2c(c1OC)NC(NC(=O)C1CCCNC1)N1CCN=C21. The number of fused-ring (bicyclic) bond motifs is 3. The van der Waals surface area contributed by atoms with Gasteiger partial charge in [0.25, 0.3) is 0 Å². The lowest BCUT2D eigenvalue weighted by Gasteiger charge is -2.39. The number of piperidine rings is 1. The van der Waals surface area contributed by atoms with E-state index in [9.17, 15) is 4.79 Å². The number of ether oxygens (including phenoxy) is 2. The standard InChI is InChI=1S/C18H25N5O3/c1-25-13-6-5-12-14(15(13)26-2)21-18(23-9-8-20-16(12)23)22-17(24)11-4-3-7-19-10-11/h5-6,11,18-19,21H,3-4,7-10H2,1-2H3,(H,22,24). The number of aliphatic imine (C=N–C) groups is 1. The Bertz CT molecular complexity index is 730. The molecule has 3 aliphatic rings. The van der Waals surface area contributed by atoms with Gasteiger partial charge in [-0.2, -0.15) is 0 Å². The van der Waals surface area contributed by atoms with Crippen LogP contribution >= 0.6 is 0 Å². The molecule has 8 heteroatoms. The summed E-state index contributed by atoms with van der Waals surface area (Å²) in [6.07, 6.45) is 1.60. The second-order valence-corrected chi connectivity index (χ2v) is 6.72. The average Bonchev–Trinajstić information content (AvgIpc) is 3.18. The van der Waals surface area contributed by atoms with Gasteiger partial charge in [-0.25, -0.2) is 0 Å². The van der Waals surface area contributed by atoms with Crippen molar-refractivity contribution in [3.8, 4) is 11.5 Å². The molecule has 4 rings (SSSR count). The van der Waals surface area contributed by atoms with Crippen LogP contribution in [0, 0.1) is 5.92 Å². The molecule has 0 spiro atoms. The first-order valence-electron chi connectivity index (χ1n) is 9.07. The van der Waals surface area contributed by atoms with E-state index in [-0.39, 0.29) is 18.1 Å². The molecular formula is C18H25N5O3. The van der Waals surface area contributed by atoms with Crippen molar-refractivity contribution in [2.45, 2.75) is 19.1 Å². The van der Waals surface area contributed by atoms with Crippen LogP contribution in [0.25, 0.3) is 0 Å². The van der Waals surface area contributed by atoms with Crippen LogP contribution < -0.4 is 25.4 Å². The smallest absolute Gasteiger partial charge is 0.227 e. The van der Waals surface area contributed by atoms with E-state index in [1.807, 2.05) is 12.1 Å². The first kappa shape index (κ1) is 17.0. The van der Waals surface area contributed by atoms with E-state index in [0.29, 0.717) is 18.0 Å². The van der Waals surface area contributed by atoms with Gasteiger partial charge in [0.15, 0.2) is 17.8 Å². The third-order valence-corrected chi connectivity index (χ3v) is 5.20. The van der Waals surface area contributed by atoms with Crippen LogP contribution in [0.4, 0.5) is 5.69 Å². The maximum atomic E-state index is 12.7. The van der Waals surface area contributed by atoms with Crippen molar-refractivity contribution < 1.29 is 14.3 Å². The van der Waals surface area contributed by atoms with E-state index >= 15 is 0 Å². The molecule has 1 aromatic rings. The summed E-state index contributed by atoms with van der Waals surface area (Å²) in [5.74, 6) is 2.21. The summed E-state index contributed by atoms with van der Waals surface area (Å²) in [7, 11) is 3.23. The summed E-state index contributed by atoms with van der Waals surface area (Å²) >= 11 is 0. The molecule has 1 fully saturated rings. The van der Waals surface area contributed by atoms with E-state index in [1.165, 1.54) is 0 Å². The van der Waals surface area contributed by atoms with E-state index in [4.69, 9.17) is 9.47 Å². The molecule has 2 atom stereocenters. The van der Waals surface area contributed by atoms with Crippen molar-refractivity contribution in [3.05, 3.63) is 17.7 Å². The van der Waals surface area contributed by atoms with Crippen molar-refractivity contribution in [1.82, 2.24) is 15.5 Å². The van der Waals surface area contributed by atoms with Gasteiger partial charge in [-0.15, -0.1) is 0 Å². The zero-order valence-corrected chi connectivity index (χ0v) is 15.2. The van der Waals surface area contributed by atoms with Gasteiger partial charge in [0.05, 0.1) is 32.4 Å². The lowest BCUT2D eigenvalue weighted by molar-refractivity contribution is -0.126. The summed E-state index contributed by atoms with van der Waals surface area (Å²) < 4.78 is 11.0. The Morgan fingerprint density at radius 3 is 2.96 bits per heavy atom. The number of rotatable bonds is 4. The average molecular weight is 359 g/mol. The minimum Gasteiger partial charge on any atom is -0.493 e. The Morgan fingerprint density at radius 1 is 1.35 bits per heavy atom. The van der Waals surface area contributed by atoms with E-state index in [0.717, 1.165) is 49.6 Å². The van der Waals surface area contributed by atoms with Gasteiger partial charge in [0.1, 0.15) is 5.84 Å². The van der Waals surface area contributed by atoms with Crippen LogP contribution in [0.1, 0.15) is 18.4 Å². The summed E-state index contributed by atoms with van der Waals surface area (Å²) in [4.78, 5) is 19.5. The Balaban J connectivity index is 1.62. The van der Waals surface area contributed by atoms with Gasteiger partial charge in [-0.1, -0.05) is 0 Å². The molecule has 3 heterocycles.